The van der Waals surface area contributed by atoms with Crippen LogP contribution in [0.1, 0.15) is 25.3 Å². The van der Waals surface area contributed by atoms with Gasteiger partial charge in [-0.25, -0.2) is 4.98 Å². The molecule has 1 aromatic heterocycles. The number of nitrogens with zero attached hydrogens (tertiary/aromatic N) is 3. The minimum Gasteiger partial charge on any atom is -0.383 e. The number of aromatic nitrogens is 1. The highest BCUT2D eigenvalue weighted by atomic mass is 15.1. The van der Waals surface area contributed by atoms with Crippen molar-refractivity contribution in [3.8, 4) is 0 Å². The van der Waals surface area contributed by atoms with E-state index in [0.29, 0.717) is 11.9 Å². The number of nitrogens with two attached hydrogens (primary N) is 1. The quantitative estimate of drug-likeness (QED) is 0.899. The molecule has 4 heteroatoms. The maximum atomic E-state index is 5.91. The van der Waals surface area contributed by atoms with Crippen molar-refractivity contribution < 1.29 is 0 Å². The topological polar surface area (TPSA) is 45.4 Å². The van der Waals surface area contributed by atoms with Gasteiger partial charge < -0.3 is 10.6 Å². The number of anilines is 1. The van der Waals surface area contributed by atoms with Crippen molar-refractivity contribution in [2.45, 2.75) is 32.4 Å². The number of hydrogen-bond donors (Lipinski definition) is 1. The summed E-state index contributed by atoms with van der Waals surface area (Å²) in [7, 11) is 4.35. The Morgan fingerprint density at radius 3 is 2.68 bits per heavy atom. The minimum atomic E-state index is 0.672. The number of hydrogen-bond acceptors (Lipinski definition) is 4. The lowest BCUT2D eigenvalue weighted by molar-refractivity contribution is 0.121. The fourth-order valence-electron chi connectivity index (χ4n) is 2.84. The standard InChI is InChI=1S/C15H26N4/c1-12(18(2)3)13-6-9-19(10-7-13)11-14-5-4-8-17-15(14)16/h4-5,8,12-13H,6-7,9-11H2,1-3H3,(H2,16,17). The summed E-state index contributed by atoms with van der Waals surface area (Å²) in [5.41, 5.74) is 7.06. The Kier molecular flexibility index (Phi) is 4.77. The van der Waals surface area contributed by atoms with E-state index in [1.165, 1.54) is 12.8 Å². The second-order valence-electron chi connectivity index (χ2n) is 5.87. The SMILES string of the molecule is CC(C1CCN(Cc2cccnc2N)CC1)N(C)C. The van der Waals surface area contributed by atoms with Crippen LogP contribution in [0.2, 0.25) is 0 Å². The van der Waals surface area contributed by atoms with Gasteiger partial charge in [0, 0.05) is 24.3 Å². The average Bonchev–Trinajstić information content (AvgIpc) is 2.41. The van der Waals surface area contributed by atoms with Crippen molar-refractivity contribution in [1.82, 2.24) is 14.8 Å². The second kappa shape index (κ2) is 6.35. The molecule has 1 saturated heterocycles. The highest BCUT2D eigenvalue weighted by molar-refractivity contribution is 5.38. The van der Waals surface area contributed by atoms with Gasteiger partial charge in [0.15, 0.2) is 0 Å². The molecule has 2 N–H and O–H groups in total. The van der Waals surface area contributed by atoms with Gasteiger partial charge in [-0.3, -0.25) is 4.90 Å². The van der Waals surface area contributed by atoms with Crippen LogP contribution in [0.4, 0.5) is 5.82 Å². The van der Waals surface area contributed by atoms with Crippen molar-refractivity contribution in [2.75, 3.05) is 32.9 Å². The predicted octanol–water partition coefficient (Wildman–Crippen LogP) is 1.83. The van der Waals surface area contributed by atoms with Gasteiger partial charge in [-0.15, -0.1) is 0 Å². The molecule has 1 aliphatic rings. The molecule has 0 amide bonds. The molecular weight excluding hydrogens is 236 g/mol. The Hall–Kier alpha value is -1.13. The van der Waals surface area contributed by atoms with Gasteiger partial charge in [-0.1, -0.05) is 6.07 Å². The van der Waals surface area contributed by atoms with Crippen LogP contribution in [0.3, 0.4) is 0 Å². The molecule has 0 bridgehead atoms. The maximum Gasteiger partial charge on any atom is 0.127 e. The highest BCUT2D eigenvalue weighted by Gasteiger charge is 2.25. The molecular formula is C15H26N4. The van der Waals surface area contributed by atoms with Crippen molar-refractivity contribution in [3.05, 3.63) is 23.9 Å². The van der Waals surface area contributed by atoms with Crippen molar-refractivity contribution in [2.24, 2.45) is 5.92 Å². The van der Waals surface area contributed by atoms with E-state index >= 15 is 0 Å². The van der Waals surface area contributed by atoms with E-state index in [0.717, 1.165) is 31.1 Å². The molecule has 1 unspecified atom stereocenters. The lowest BCUT2D eigenvalue weighted by atomic mass is 9.89. The van der Waals surface area contributed by atoms with Crippen LogP contribution in [0.25, 0.3) is 0 Å². The lowest BCUT2D eigenvalue weighted by Gasteiger charge is -2.37. The third kappa shape index (κ3) is 3.67. The molecule has 106 valence electrons. The normalized spacial score (nSPS) is 19.8. The van der Waals surface area contributed by atoms with Crippen LogP contribution in [0, 0.1) is 5.92 Å². The Morgan fingerprint density at radius 2 is 2.11 bits per heavy atom. The smallest absolute Gasteiger partial charge is 0.127 e. The molecule has 1 aliphatic heterocycles. The van der Waals surface area contributed by atoms with Gasteiger partial charge in [-0.05, 0) is 58.9 Å². The number of nitrogen functional groups attached to an aromatic ring is 1. The number of rotatable bonds is 4. The lowest BCUT2D eigenvalue weighted by Crippen LogP contribution is -2.41. The minimum absolute atomic E-state index is 0.672. The van der Waals surface area contributed by atoms with Crippen LogP contribution in [-0.2, 0) is 6.54 Å². The number of likely N-dealkylation sites (tertiary alicyclic amines) is 1. The summed E-state index contributed by atoms with van der Waals surface area (Å²) in [6.07, 6.45) is 4.31. The van der Waals surface area contributed by atoms with E-state index in [1.807, 2.05) is 6.07 Å². The molecule has 0 spiro atoms. The van der Waals surface area contributed by atoms with Crippen molar-refractivity contribution in [3.63, 3.8) is 0 Å². The summed E-state index contributed by atoms with van der Waals surface area (Å²) in [4.78, 5) is 8.98. The third-order valence-corrected chi connectivity index (χ3v) is 4.45. The van der Waals surface area contributed by atoms with Crippen LogP contribution in [0.5, 0.6) is 0 Å². The van der Waals surface area contributed by atoms with Crippen LogP contribution >= 0.6 is 0 Å². The third-order valence-electron chi connectivity index (χ3n) is 4.45. The first-order chi connectivity index (χ1) is 9.08. The molecule has 0 aliphatic carbocycles. The monoisotopic (exact) mass is 262 g/mol. The molecule has 19 heavy (non-hydrogen) atoms. The zero-order chi connectivity index (χ0) is 13.8. The first kappa shape index (κ1) is 14.3. The average molecular weight is 262 g/mol. The van der Waals surface area contributed by atoms with Crippen molar-refractivity contribution >= 4 is 5.82 Å². The first-order valence-corrected chi connectivity index (χ1v) is 7.16. The summed E-state index contributed by atoms with van der Waals surface area (Å²) in [6, 6.07) is 4.72. The Bertz CT molecular complexity index is 397. The van der Waals surface area contributed by atoms with Crippen LogP contribution in [-0.4, -0.2) is 48.0 Å². The molecule has 1 aromatic rings. The largest absolute Gasteiger partial charge is 0.383 e. The van der Waals surface area contributed by atoms with Gasteiger partial charge >= 0.3 is 0 Å². The molecule has 2 heterocycles. The van der Waals surface area contributed by atoms with Crippen LogP contribution in [0.15, 0.2) is 18.3 Å². The summed E-state index contributed by atoms with van der Waals surface area (Å²) in [5.74, 6) is 1.49. The van der Waals surface area contributed by atoms with E-state index in [9.17, 15) is 0 Å². The summed E-state index contributed by atoms with van der Waals surface area (Å²) < 4.78 is 0. The Balaban J connectivity index is 1.86. The van der Waals surface area contributed by atoms with E-state index in [1.54, 1.807) is 6.20 Å². The molecule has 0 aromatic carbocycles. The Labute approximate surface area is 116 Å². The molecule has 1 fully saturated rings. The maximum absolute atomic E-state index is 5.91. The second-order valence-corrected chi connectivity index (χ2v) is 5.87. The summed E-state index contributed by atoms with van der Waals surface area (Å²) >= 11 is 0. The van der Waals surface area contributed by atoms with Crippen LogP contribution < -0.4 is 5.73 Å². The molecule has 2 rings (SSSR count). The van der Waals surface area contributed by atoms with Gasteiger partial charge in [0.1, 0.15) is 5.82 Å². The van der Waals surface area contributed by atoms with Gasteiger partial charge in [-0.2, -0.15) is 0 Å². The summed E-state index contributed by atoms with van der Waals surface area (Å²) in [5, 5.41) is 0. The summed E-state index contributed by atoms with van der Waals surface area (Å²) in [6.45, 7) is 5.59. The fourth-order valence-corrected chi connectivity index (χ4v) is 2.84. The van der Waals surface area contributed by atoms with E-state index in [4.69, 9.17) is 5.73 Å². The van der Waals surface area contributed by atoms with E-state index in [-0.39, 0.29) is 0 Å². The van der Waals surface area contributed by atoms with Gasteiger partial charge in [0.05, 0.1) is 0 Å². The molecule has 1 atom stereocenters. The van der Waals surface area contributed by atoms with Crippen molar-refractivity contribution in [1.29, 1.82) is 0 Å². The molecule has 0 saturated carbocycles. The number of pyridine rings is 1. The predicted molar refractivity (Wildman–Crippen MR) is 79.8 cm³/mol. The molecule has 4 nitrogen and oxygen atoms in total. The Morgan fingerprint density at radius 1 is 1.42 bits per heavy atom. The first-order valence-electron chi connectivity index (χ1n) is 7.16. The zero-order valence-electron chi connectivity index (χ0n) is 12.3. The van der Waals surface area contributed by atoms with E-state index < -0.39 is 0 Å². The van der Waals surface area contributed by atoms with E-state index in [2.05, 4.69) is 41.9 Å². The molecule has 0 radical (unpaired) electrons. The van der Waals surface area contributed by atoms with Gasteiger partial charge in [0.25, 0.3) is 0 Å². The van der Waals surface area contributed by atoms with Gasteiger partial charge in [0.2, 0.25) is 0 Å². The zero-order valence-corrected chi connectivity index (χ0v) is 12.3. The number of piperidine rings is 1. The highest BCUT2D eigenvalue weighted by Crippen LogP contribution is 2.24. The fraction of sp³-hybridized carbons (Fsp3) is 0.667.